The maximum Gasteiger partial charge on any atom is 0.256 e. The zero-order chi connectivity index (χ0) is 18.9. The molecule has 140 valence electrons. The molecule has 0 bridgehead atoms. The average molecular weight is 357 g/mol. The number of nitrogens with one attached hydrogen (secondary N) is 1. The second-order valence-corrected chi connectivity index (χ2v) is 8.08. The number of carbonyl (C=O) groups is 2. The van der Waals surface area contributed by atoms with Crippen LogP contribution in [0.25, 0.3) is 5.65 Å². The van der Waals surface area contributed by atoms with Crippen LogP contribution in [0, 0.1) is 5.41 Å². The van der Waals surface area contributed by atoms with Gasteiger partial charge in [0.2, 0.25) is 5.91 Å². The number of nitrogens with zero attached hydrogens (tertiary/aromatic N) is 4. The molecular formula is C19H27N5O2. The van der Waals surface area contributed by atoms with Gasteiger partial charge in [0.15, 0.2) is 5.65 Å². The highest BCUT2D eigenvalue weighted by molar-refractivity contribution is 5.99. The van der Waals surface area contributed by atoms with E-state index in [1.165, 1.54) is 6.20 Å². The number of fused-ring (bicyclic) bond motifs is 1. The van der Waals surface area contributed by atoms with Crippen LogP contribution in [-0.4, -0.2) is 44.9 Å². The summed E-state index contributed by atoms with van der Waals surface area (Å²) in [4.78, 5) is 31.3. The van der Waals surface area contributed by atoms with Gasteiger partial charge < -0.3 is 10.2 Å². The van der Waals surface area contributed by atoms with Crippen molar-refractivity contribution in [2.45, 2.75) is 52.5 Å². The molecule has 1 fully saturated rings. The van der Waals surface area contributed by atoms with Gasteiger partial charge >= 0.3 is 0 Å². The van der Waals surface area contributed by atoms with E-state index in [2.05, 4.69) is 36.2 Å². The molecule has 0 radical (unpaired) electrons. The Kier molecular flexibility index (Phi) is 4.98. The van der Waals surface area contributed by atoms with Gasteiger partial charge in [-0.2, -0.15) is 5.10 Å². The fourth-order valence-electron chi connectivity index (χ4n) is 3.55. The number of carbonyl (C=O) groups excluding carboxylic acids is 2. The first-order chi connectivity index (χ1) is 12.3. The summed E-state index contributed by atoms with van der Waals surface area (Å²) < 4.78 is 1.71. The molecule has 0 saturated carbocycles. The first-order valence-electron chi connectivity index (χ1n) is 9.16. The molecule has 3 heterocycles. The maximum atomic E-state index is 12.9. The van der Waals surface area contributed by atoms with Gasteiger partial charge in [-0.1, -0.05) is 20.8 Å². The van der Waals surface area contributed by atoms with Gasteiger partial charge in [0.1, 0.15) is 5.56 Å². The van der Waals surface area contributed by atoms with Crippen molar-refractivity contribution in [3.8, 4) is 0 Å². The largest absolute Gasteiger partial charge is 0.355 e. The SMILES string of the molecule is CNC(=O)c1cnn2c(C3CCCCN3C(=O)CC(C)(C)C)ccnc12. The Morgan fingerprint density at radius 2 is 2.08 bits per heavy atom. The zero-order valence-corrected chi connectivity index (χ0v) is 16.0. The van der Waals surface area contributed by atoms with Crippen LogP contribution in [0.4, 0.5) is 0 Å². The van der Waals surface area contributed by atoms with Crippen molar-refractivity contribution in [3.05, 3.63) is 29.7 Å². The summed E-state index contributed by atoms with van der Waals surface area (Å²) in [6, 6.07) is 1.86. The van der Waals surface area contributed by atoms with Gasteiger partial charge in [-0.15, -0.1) is 0 Å². The smallest absolute Gasteiger partial charge is 0.256 e. The van der Waals surface area contributed by atoms with Crippen molar-refractivity contribution >= 4 is 17.5 Å². The molecule has 3 rings (SSSR count). The van der Waals surface area contributed by atoms with Crippen molar-refractivity contribution in [1.29, 1.82) is 0 Å². The van der Waals surface area contributed by atoms with E-state index >= 15 is 0 Å². The highest BCUT2D eigenvalue weighted by Gasteiger charge is 2.32. The van der Waals surface area contributed by atoms with Gasteiger partial charge in [-0.3, -0.25) is 9.59 Å². The molecule has 1 N–H and O–H groups in total. The lowest BCUT2D eigenvalue weighted by Crippen LogP contribution is -2.40. The van der Waals surface area contributed by atoms with Gasteiger partial charge in [-0.25, -0.2) is 9.50 Å². The van der Waals surface area contributed by atoms with E-state index in [0.29, 0.717) is 17.6 Å². The Balaban J connectivity index is 1.99. The Hall–Kier alpha value is -2.44. The molecule has 1 saturated heterocycles. The van der Waals surface area contributed by atoms with Crippen LogP contribution < -0.4 is 5.32 Å². The molecule has 0 aliphatic carbocycles. The van der Waals surface area contributed by atoms with Crippen LogP contribution in [-0.2, 0) is 4.79 Å². The predicted octanol–water partition coefficient (Wildman–Crippen LogP) is 2.58. The van der Waals surface area contributed by atoms with Gasteiger partial charge in [-0.05, 0) is 30.7 Å². The number of rotatable bonds is 3. The molecule has 1 aliphatic heterocycles. The minimum absolute atomic E-state index is 0.0402. The third-order valence-electron chi connectivity index (χ3n) is 4.75. The number of amides is 2. The number of hydrogen-bond donors (Lipinski definition) is 1. The summed E-state index contributed by atoms with van der Waals surface area (Å²) >= 11 is 0. The molecule has 1 atom stereocenters. The molecule has 2 aromatic rings. The van der Waals surface area contributed by atoms with Gasteiger partial charge in [0, 0.05) is 26.2 Å². The van der Waals surface area contributed by atoms with E-state index in [4.69, 9.17) is 0 Å². The monoisotopic (exact) mass is 357 g/mol. The Labute approximate surface area is 153 Å². The first-order valence-corrected chi connectivity index (χ1v) is 9.16. The van der Waals surface area contributed by atoms with E-state index in [0.717, 1.165) is 31.5 Å². The van der Waals surface area contributed by atoms with E-state index < -0.39 is 0 Å². The van der Waals surface area contributed by atoms with Crippen molar-refractivity contribution in [1.82, 2.24) is 24.8 Å². The predicted molar refractivity (Wildman–Crippen MR) is 98.8 cm³/mol. The Morgan fingerprint density at radius 3 is 2.77 bits per heavy atom. The Bertz CT molecular complexity index is 821. The summed E-state index contributed by atoms with van der Waals surface area (Å²) in [6.45, 7) is 7.00. The normalized spacial score (nSPS) is 18.2. The quantitative estimate of drug-likeness (QED) is 0.916. The van der Waals surface area contributed by atoms with Crippen molar-refractivity contribution < 1.29 is 9.59 Å². The molecule has 1 aliphatic rings. The molecule has 0 aromatic carbocycles. The average Bonchev–Trinajstić information content (AvgIpc) is 3.03. The second kappa shape index (κ2) is 7.05. The number of hydrogen-bond acceptors (Lipinski definition) is 4. The van der Waals surface area contributed by atoms with Crippen LogP contribution in [0.1, 0.15) is 68.5 Å². The molecule has 2 aromatic heterocycles. The molecule has 26 heavy (non-hydrogen) atoms. The van der Waals surface area contributed by atoms with Crippen molar-refractivity contribution in [2.24, 2.45) is 5.41 Å². The highest BCUT2D eigenvalue weighted by atomic mass is 16.2. The van der Waals surface area contributed by atoms with Crippen LogP contribution >= 0.6 is 0 Å². The first kappa shape index (κ1) is 18.4. The van der Waals surface area contributed by atoms with Crippen LogP contribution in [0.3, 0.4) is 0 Å². The minimum atomic E-state index is -0.214. The summed E-state index contributed by atoms with van der Waals surface area (Å²) in [7, 11) is 1.59. The number of likely N-dealkylation sites (tertiary alicyclic amines) is 1. The topological polar surface area (TPSA) is 79.6 Å². The van der Waals surface area contributed by atoms with E-state index in [1.807, 2.05) is 11.0 Å². The van der Waals surface area contributed by atoms with Crippen LogP contribution in [0.15, 0.2) is 18.5 Å². The lowest BCUT2D eigenvalue weighted by Gasteiger charge is -2.37. The molecule has 7 heteroatoms. The van der Waals surface area contributed by atoms with Crippen molar-refractivity contribution in [3.63, 3.8) is 0 Å². The molecular weight excluding hydrogens is 330 g/mol. The van der Waals surface area contributed by atoms with Crippen LogP contribution in [0.2, 0.25) is 0 Å². The third kappa shape index (κ3) is 3.57. The molecule has 1 unspecified atom stereocenters. The van der Waals surface area contributed by atoms with E-state index in [9.17, 15) is 9.59 Å². The van der Waals surface area contributed by atoms with Crippen molar-refractivity contribution in [2.75, 3.05) is 13.6 Å². The minimum Gasteiger partial charge on any atom is -0.355 e. The molecule has 0 spiro atoms. The lowest BCUT2D eigenvalue weighted by molar-refractivity contribution is -0.137. The summed E-state index contributed by atoms with van der Waals surface area (Å²) in [6.07, 6.45) is 6.72. The van der Waals surface area contributed by atoms with E-state index in [-0.39, 0.29) is 23.3 Å². The fraction of sp³-hybridized carbons (Fsp3) is 0.579. The standard InChI is InChI=1S/C19H27N5O2/c1-19(2,3)11-16(25)23-10-6-5-7-14(23)15-8-9-21-17-13(18(26)20-4)12-22-24(15)17/h8-9,12,14H,5-7,10-11H2,1-4H3,(H,20,26). The number of aromatic nitrogens is 3. The van der Waals surface area contributed by atoms with Gasteiger partial charge in [0.05, 0.1) is 17.9 Å². The highest BCUT2D eigenvalue weighted by Crippen LogP contribution is 2.33. The maximum absolute atomic E-state index is 12.9. The summed E-state index contributed by atoms with van der Waals surface area (Å²) in [5.41, 5.74) is 1.82. The van der Waals surface area contributed by atoms with Crippen LogP contribution in [0.5, 0.6) is 0 Å². The zero-order valence-electron chi connectivity index (χ0n) is 16.0. The second-order valence-electron chi connectivity index (χ2n) is 8.08. The fourth-order valence-corrected chi connectivity index (χ4v) is 3.55. The Morgan fingerprint density at radius 1 is 1.31 bits per heavy atom. The summed E-state index contributed by atoms with van der Waals surface area (Å²) in [5, 5.41) is 7.00. The molecule has 7 nitrogen and oxygen atoms in total. The summed E-state index contributed by atoms with van der Waals surface area (Å²) in [5.74, 6) is -0.0418. The molecule has 2 amide bonds. The van der Waals surface area contributed by atoms with Gasteiger partial charge in [0.25, 0.3) is 5.91 Å². The van der Waals surface area contributed by atoms with E-state index in [1.54, 1.807) is 17.8 Å². The third-order valence-corrected chi connectivity index (χ3v) is 4.75. The number of piperidine rings is 1. The lowest BCUT2D eigenvalue weighted by atomic mass is 9.90.